The van der Waals surface area contributed by atoms with Crippen LogP contribution in [0.25, 0.3) is 0 Å². The first-order chi connectivity index (χ1) is 11.2. The van der Waals surface area contributed by atoms with Crippen LogP contribution in [0, 0.1) is 0 Å². The molecule has 5 heteroatoms. The van der Waals surface area contributed by atoms with Crippen molar-refractivity contribution in [1.82, 2.24) is 0 Å². The van der Waals surface area contributed by atoms with Crippen LogP contribution in [0.3, 0.4) is 0 Å². The Morgan fingerprint density at radius 3 is 1.96 bits per heavy atom. The first kappa shape index (κ1) is 22.7. The molecule has 1 aromatic rings. The smallest absolute Gasteiger partial charge is 0.192 e. The molecule has 0 aromatic carbocycles. The van der Waals surface area contributed by atoms with E-state index in [1.165, 1.54) is 5.56 Å². The van der Waals surface area contributed by atoms with Crippen LogP contribution in [0.4, 0.5) is 0 Å². The van der Waals surface area contributed by atoms with Gasteiger partial charge in [0.25, 0.3) is 0 Å². The number of furan rings is 1. The molecule has 3 nitrogen and oxygen atoms in total. The molecule has 0 bridgehead atoms. The van der Waals surface area contributed by atoms with Crippen LogP contribution in [0.2, 0.25) is 36.3 Å². The van der Waals surface area contributed by atoms with Crippen LogP contribution in [0.1, 0.15) is 53.5 Å². The molecule has 0 radical (unpaired) electrons. The maximum Gasteiger partial charge on any atom is 0.192 e. The molecule has 0 unspecified atom stereocenters. The van der Waals surface area contributed by atoms with Crippen molar-refractivity contribution in [3.63, 3.8) is 0 Å². The van der Waals surface area contributed by atoms with Gasteiger partial charge in [0.15, 0.2) is 16.6 Å². The predicted molar refractivity (Wildman–Crippen MR) is 112 cm³/mol. The summed E-state index contributed by atoms with van der Waals surface area (Å²) in [6.45, 7) is 23.8. The Balaban J connectivity index is 2.76. The van der Waals surface area contributed by atoms with Gasteiger partial charge in [-0.15, -0.1) is 0 Å². The third kappa shape index (κ3) is 6.70. The molecule has 1 rings (SSSR count). The highest BCUT2D eigenvalue weighted by atomic mass is 28.4. The van der Waals surface area contributed by atoms with E-state index in [1.54, 1.807) is 6.26 Å². The van der Waals surface area contributed by atoms with E-state index in [2.05, 4.69) is 67.7 Å². The average Bonchev–Trinajstić information content (AvgIpc) is 2.88. The van der Waals surface area contributed by atoms with Crippen molar-refractivity contribution in [1.29, 1.82) is 0 Å². The van der Waals surface area contributed by atoms with E-state index in [1.807, 2.05) is 12.3 Å². The van der Waals surface area contributed by atoms with Crippen LogP contribution < -0.4 is 0 Å². The second-order valence-corrected chi connectivity index (χ2v) is 19.8. The fraction of sp³-hybridized carbons (Fsp3) is 0.800. The minimum atomic E-state index is -1.81. The molecule has 1 aromatic heterocycles. The molecule has 0 spiro atoms. The van der Waals surface area contributed by atoms with Gasteiger partial charge in [0, 0.05) is 13.0 Å². The summed E-state index contributed by atoms with van der Waals surface area (Å²) < 4.78 is 18.4. The van der Waals surface area contributed by atoms with Crippen molar-refractivity contribution in [3.05, 3.63) is 24.2 Å². The summed E-state index contributed by atoms with van der Waals surface area (Å²) >= 11 is 0. The van der Waals surface area contributed by atoms with E-state index in [0.29, 0.717) is 0 Å². The standard InChI is InChI=1S/C20H40O3Si2/c1-19(2,3)24(7,8)22-14-12-18(15-17-11-13-21-16-17)23-25(9,10)20(4,5)6/h11,13,16,18H,12,14-15H2,1-10H3/t18-/m0/s1. The number of hydrogen-bond donors (Lipinski definition) is 0. The largest absolute Gasteiger partial charge is 0.472 e. The van der Waals surface area contributed by atoms with Crippen LogP contribution >= 0.6 is 0 Å². The molecule has 0 aliphatic rings. The lowest BCUT2D eigenvalue weighted by atomic mass is 10.1. The highest BCUT2D eigenvalue weighted by Crippen LogP contribution is 2.39. The molecule has 25 heavy (non-hydrogen) atoms. The molecule has 1 atom stereocenters. The second kappa shape index (κ2) is 8.11. The summed E-state index contributed by atoms with van der Waals surface area (Å²) in [5, 5.41) is 0.454. The molecule has 0 aliphatic heterocycles. The van der Waals surface area contributed by atoms with Gasteiger partial charge in [-0.2, -0.15) is 0 Å². The molecule has 0 amide bonds. The highest BCUT2D eigenvalue weighted by Gasteiger charge is 2.40. The van der Waals surface area contributed by atoms with Gasteiger partial charge in [0.05, 0.1) is 18.6 Å². The summed E-state index contributed by atoms with van der Waals surface area (Å²) in [5.41, 5.74) is 1.20. The van der Waals surface area contributed by atoms with Crippen molar-refractivity contribution >= 4 is 16.6 Å². The Hall–Kier alpha value is -0.366. The molecule has 0 saturated heterocycles. The monoisotopic (exact) mass is 384 g/mol. The van der Waals surface area contributed by atoms with Gasteiger partial charge in [-0.1, -0.05) is 41.5 Å². The quantitative estimate of drug-likeness (QED) is 0.472. The third-order valence-electron chi connectivity index (χ3n) is 6.02. The van der Waals surface area contributed by atoms with E-state index in [9.17, 15) is 0 Å². The summed E-state index contributed by atoms with van der Waals surface area (Å²) in [7, 11) is -3.52. The SMILES string of the molecule is CC(C)(C)[Si](C)(C)OCC[C@@H](Cc1ccoc1)O[Si](C)(C)C(C)(C)C. The van der Waals surface area contributed by atoms with E-state index >= 15 is 0 Å². The fourth-order valence-corrected chi connectivity index (χ4v) is 4.58. The maximum atomic E-state index is 6.71. The van der Waals surface area contributed by atoms with Crippen molar-refractivity contribution in [2.45, 2.75) is 96.8 Å². The molecule has 1 heterocycles. The zero-order valence-corrected chi connectivity index (χ0v) is 20.2. The minimum absolute atomic E-state index is 0.184. The Kier molecular flexibility index (Phi) is 7.36. The summed E-state index contributed by atoms with van der Waals surface area (Å²) in [6, 6.07) is 2.04. The Morgan fingerprint density at radius 2 is 1.52 bits per heavy atom. The van der Waals surface area contributed by atoms with Crippen LogP contribution in [0.15, 0.2) is 23.0 Å². The lowest BCUT2D eigenvalue weighted by Gasteiger charge is -2.40. The van der Waals surface area contributed by atoms with Gasteiger partial charge in [-0.25, -0.2) is 0 Å². The van der Waals surface area contributed by atoms with Gasteiger partial charge in [-0.05, 0) is 54.3 Å². The average molecular weight is 385 g/mol. The maximum absolute atomic E-state index is 6.71. The first-order valence-electron chi connectivity index (χ1n) is 9.48. The zero-order chi connectivity index (χ0) is 19.5. The van der Waals surface area contributed by atoms with Gasteiger partial charge < -0.3 is 13.3 Å². The van der Waals surface area contributed by atoms with Crippen molar-refractivity contribution in [2.75, 3.05) is 6.61 Å². The Bertz CT molecular complexity index is 508. The highest BCUT2D eigenvalue weighted by molar-refractivity contribution is 6.74. The lowest BCUT2D eigenvalue weighted by Crippen LogP contribution is -2.45. The minimum Gasteiger partial charge on any atom is -0.472 e. The van der Waals surface area contributed by atoms with Gasteiger partial charge in [0.2, 0.25) is 0 Å². The van der Waals surface area contributed by atoms with Crippen molar-refractivity contribution in [2.24, 2.45) is 0 Å². The van der Waals surface area contributed by atoms with Gasteiger partial charge in [0.1, 0.15) is 0 Å². The van der Waals surface area contributed by atoms with E-state index in [0.717, 1.165) is 19.4 Å². The van der Waals surface area contributed by atoms with E-state index < -0.39 is 16.6 Å². The normalized spacial score (nSPS) is 15.4. The Morgan fingerprint density at radius 1 is 0.960 bits per heavy atom. The van der Waals surface area contributed by atoms with Crippen LogP contribution in [-0.4, -0.2) is 29.3 Å². The summed E-state index contributed by atoms with van der Waals surface area (Å²) in [4.78, 5) is 0. The third-order valence-corrected chi connectivity index (χ3v) is 15.1. The van der Waals surface area contributed by atoms with E-state index in [4.69, 9.17) is 13.3 Å². The van der Waals surface area contributed by atoms with Crippen molar-refractivity contribution in [3.8, 4) is 0 Å². The van der Waals surface area contributed by atoms with Gasteiger partial charge >= 0.3 is 0 Å². The molecule has 146 valence electrons. The second-order valence-electron chi connectivity index (χ2n) is 10.2. The predicted octanol–water partition coefficient (Wildman–Crippen LogP) is 6.62. The molecular weight excluding hydrogens is 344 g/mol. The molecule has 0 N–H and O–H groups in total. The molecule has 0 aliphatic carbocycles. The van der Waals surface area contributed by atoms with E-state index in [-0.39, 0.29) is 16.2 Å². The topological polar surface area (TPSA) is 31.6 Å². The summed E-state index contributed by atoms with van der Waals surface area (Å²) in [5.74, 6) is 0. The molecular formula is C20H40O3Si2. The number of hydrogen-bond acceptors (Lipinski definition) is 3. The lowest BCUT2D eigenvalue weighted by molar-refractivity contribution is 0.141. The molecule has 0 fully saturated rings. The molecule has 0 saturated carbocycles. The summed E-state index contributed by atoms with van der Waals surface area (Å²) in [6.07, 6.45) is 5.58. The van der Waals surface area contributed by atoms with Crippen LogP contribution in [-0.2, 0) is 15.3 Å². The zero-order valence-electron chi connectivity index (χ0n) is 18.2. The fourth-order valence-electron chi connectivity index (χ4n) is 2.13. The first-order valence-corrected chi connectivity index (χ1v) is 15.3. The van der Waals surface area contributed by atoms with Crippen molar-refractivity contribution < 1.29 is 13.3 Å². The van der Waals surface area contributed by atoms with Gasteiger partial charge in [-0.3, -0.25) is 0 Å². The Labute approximate surface area is 157 Å². The van der Waals surface area contributed by atoms with Crippen LogP contribution in [0.5, 0.6) is 0 Å². The number of rotatable bonds is 8.